The van der Waals surface area contributed by atoms with Gasteiger partial charge in [-0.05, 0) is 12.1 Å². The van der Waals surface area contributed by atoms with E-state index in [0.29, 0.717) is 31.3 Å². The van der Waals surface area contributed by atoms with Gasteiger partial charge in [0.2, 0.25) is 0 Å². The van der Waals surface area contributed by atoms with Crippen LogP contribution in [0, 0.1) is 10.1 Å². The number of benzene rings is 1. The zero-order valence-electron chi connectivity index (χ0n) is 13.4. The Morgan fingerprint density at radius 2 is 2.08 bits per heavy atom. The van der Waals surface area contributed by atoms with E-state index < -0.39 is 11.0 Å². The molecule has 0 bridgehead atoms. The fraction of sp³-hybridized carbons (Fsp3) is 0.400. The molecule has 2 aromatic rings. The molecular weight excluding hydrogens is 316 g/mol. The molecule has 3 rings (SSSR count). The number of nitro groups is 1. The van der Waals surface area contributed by atoms with Crippen molar-refractivity contribution >= 4 is 5.69 Å². The molecule has 0 radical (unpaired) electrons. The topological polar surface area (TPSA) is 103 Å². The largest absolute Gasteiger partial charge is 0.496 e. The summed E-state index contributed by atoms with van der Waals surface area (Å²) in [5.41, 5.74) is 1.50. The lowest BCUT2D eigenvalue weighted by molar-refractivity contribution is -0.385. The van der Waals surface area contributed by atoms with Crippen LogP contribution in [0.4, 0.5) is 5.69 Å². The number of hydrogen-bond donors (Lipinski definition) is 1. The molecule has 0 amide bonds. The summed E-state index contributed by atoms with van der Waals surface area (Å²) in [5.74, 6) is 1.29. The van der Waals surface area contributed by atoms with Gasteiger partial charge in [-0.15, -0.1) is 0 Å². The monoisotopic (exact) mass is 334 g/mol. The quantitative estimate of drug-likeness (QED) is 0.649. The molecule has 1 N–H and O–H groups in total. The molecule has 128 valence electrons. The van der Waals surface area contributed by atoms with E-state index in [1.807, 2.05) is 4.90 Å². The zero-order chi connectivity index (χ0) is 17.3. The molecule has 1 aliphatic rings. The third-order valence-corrected chi connectivity index (χ3v) is 4.04. The van der Waals surface area contributed by atoms with Gasteiger partial charge in [-0.3, -0.25) is 19.7 Å². The molecule has 0 saturated carbocycles. The van der Waals surface area contributed by atoms with Crippen molar-refractivity contribution in [3.05, 3.63) is 45.8 Å². The van der Waals surface area contributed by atoms with Crippen molar-refractivity contribution < 1.29 is 19.5 Å². The minimum atomic E-state index is -0.746. The van der Waals surface area contributed by atoms with Crippen LogP contribution < -0.4 is 9.47 Å². The van der Waals surface area contributed by atoms with Crippen LogP contribution >= 0.6 is 0 Å². The van der Waals surface area contributed by atoms with Crippen LogP contribution in [0.1, 0.15) is 17.2 Å². The maximum atomic E-state index is 10.7. The predicted octanol–water partition coefficient (Wildman–Crippen LogP) is 1.32. The van der Waals surface area contributed by atoms with Gasteiger partial charge in [-0.2, -0.15) is 5.10 Å². The molecule has 9 heteroatoms. The lowest BCUT2D eigenvalue weighted by Crippen LogP contribution is -2.35. The SMILES string of the molecule is COc1ccc(OC)c2c1CN(Cn1cc([N+](=O)[O-])cn1)C[C@H]2O. The Morgan fingerprint density at radius 3 is 2.71 bits per heavy atom. The van der Waals surface area contributed by atoms with Gasteiger partial charge in [0.25, 0.3) is 0 Å². The van der Waals surface area contributed by atoms with Gasteiger partial charge < -0.3 is 14.6 Å². The lowest BCUT2D eigenvalue weighted by atomic mass is 9.95. The maximum Gasteiger partial charge on any atom is 0.307 e. The first kappa shape index (κ1) is 16.2. The normalized spacial score (nSPS) is 17.4. The highest BCUT2D eigenvalue weighted by Crippen LogP contribution is 2.39. The molecule has 0 unspecified atom stereocenters. The molecule has 0 fully saturated rings. The van der Waals surface area contributed by atoms with Crippen molar-refractivity contribution in [2.75, 3.05) is 20.8 Å². The first-order valence-electron chi connectivity index (χ1n) is 7.34. The molecule has 0 spiro atoms. The van der Waals surface area contributed by atoms with Gasteiger partial charge in [-0.25, -0.2) is 0 Å². The molecule has 9 nitrogen and oxygen atoms in total. The molecule has 0 saturated heterocycles. The smallest absolute Gasteiger partial charge is 0.307 e. The average molecular weight is 334 g/mol. The minimum absolute atomic E-state index is 0.0628. The molecule has 1 aliphatic heterocycles. The number of aliphatic hydroxyl groups is 1. The third kappa shape index (κ3) is 2.91. The Bertz CT molecular complexity index is 760. The number of methoxy groups -OCH3 is 2. The summed E-state index contributed by atoms with van der Waals surface area (Å²) in [6.45, 7) is 1.20. The second-order valence-corrected chi connectivity index (χ2v) is 5.53. The summed E-state index contributed by atoms with van der Waals surface area (Å²) in [4.78, 5) is 12.2. The number of aliphatic hydroxyl groups excluding tert-OH is 1. The number of aromatic nitrogens is 2. The van der Waals surface area contributed by atoms with E-state index >= 15 is 0 Å². The van der Waals surface area contributed by atoms with E-state index in [1.54, 1.807) is 26.4 Å². The van der Waals surface area contributed by atoms with E-state index in [2.05, 4.69) is 5.10 Å². The van der Waals surface area contributed by atoms with E-state index in [0.717, 1.165) is 11.1 Å². The fourth-order valence-electron chi connectivity index (χ4n) is 2.98. The van der Waals surface area contributed by atoms with Gasteiger partial charge in [0.05, 0.1) is 31.9 Å². The second kappa shape index (κ2) is 6.46. The van der Waals surface area contributed by atoms with Gasteiger partial charge in [0.1, 0.15) is 23.9 Å². The third-order valence-electron chi connectivity index (χ3n) is 4.04. The lowest BCUT2D eigenvalue weighted by Gasteiger charge is -2.33. The highest BCUT2D eigenvalue weighted by atomic mass is 16.6. The Morgan fingerprint density at radius 1 is 1.38 bits per heavy atom. The van der Waals surface area contributed by atoms with Gasteiger partial charge in [0, 0.05) is 24.2 Å². The van der Waals surface area contributed by atoms with E-state index in [4.69, 9.17) is 9.47 Å². The predicted molar refractivity (Wildman–Crippen MR) is 83.8 cm³/mol. The summed E-state index contributed by atoms with van der Waals surface area (Å²) < 4.78 is 12.2. The standard InChI is InChI=1S/C15H18N4O5/c1-23-13-3-4-14(24-2)15-11(13)7-17(8-12(15)20)9-18-6-10(5-16-18)19(21)22/h3-6,12,20H,7-9H2,1-2H3/t12-/m1/s1. The molecular formula is C15H18N4O5. The van der Waals surface area contributed by atoms with Gasteiger partial charge in [-0.1, -0.05) is 0 Å². The van der Waals surface area contributed by atoms with Crippen LogP contribution in [0.15, 0.2) is 24.5 Å². The number of rotatable bonds is 5. The van der Waals surface area contributed by atoms with Gasteiger partial charge >= 0.3 is 5.69 Å². The van der Waals surface area contributed by atoms with Crippen molar-refractivity contribution in [3.63, 3.8) is 0 Å². The van der Waals surface area contributed by atoms with Gasteiger partial charge in [0.15, 0.2) is 0 Å². The summed E-state index contributed by atoms with van der Waals surface area (Å²) in [6.07, 6.45) is 1.83. The van der Waals surface area contributed by atoms with Crippen LogP contribution in [0.25, 0.3) is 0 Å². The average Bonchev–Trinajstić information content (AvgIpc) is 3.02. The Labute approximate surface area is 138 Å². The summed E-state index contributed by atoms with van der Waals surface area (Å²) in [6, 6.07) is 3.57. The summed E-state index contributed by atoms with van der Waals surface area (Å²) in [7, 11) is 3.13. The number of fused-ring (bicyclic) bond motifs is 1. The zero-order valence-corrected chi connectivity index (χ0v) is 13.4. The summed E-state index contributed by atoms with van der Waals surface area (Å²) >= 11 is 0. The Kier molecular flexibility index (Phi) is 4.36. The Balaban J connectivity index is 1.86. The molecule has 2 heterocycles. The minimum Gasteiger partial charge on any atom is -0.496 e. The van der Waals surface area contributed by atoms with Crippen LogP contribution in [0.2, 0.25) is 0 Å². The summed E-state index contributed by atoms with van der Waals surface area (Å²) in [5, 5.41) is 25.2. The van der Waals surface area contributed by atoms with Crippen molar-refractivity contribution in [2.24, 2.45) is 0 Å². The van der Waals surface area contributed by atoms with Crippen LogP contribution in [-0.2, 0) is 13.2 Å². The number of hydrogen-bond acceptors (Lipinski definition) is 7. The molecule has 24 heavy (non-hydrogen) atoms. The fourth-order valence-corrected chi connectivity index (χ4v) is 2.98. The van der Waals surface area contributed by atoms with Crippen molar-refractivity contribution in [2.45, 2.75) is 19.3 Å². The van der Waals surface area contributed by atoms with Crippen molar-refractivity contribution in [1.29, 1.82) is 0 Å². The van der Waals surface area contributed by atoms with E-state index in [-0.39, 0.29) is 5.69 Å². The highest BCUT2D eigenvalue weighted by Gasteiger charge is 2.30. The van der Waals surface area contributed by atoms with E-state index in [1.165, 1.54) is 17.1 Å². The molecule has 1 aromatic carbocycles. The van der Waals surface area contributed by atoms with Crippen LogP contribution in [0.3, 0.4) is 0 Å². The number of ether oxygens (including phenoxy) is 2. The molecule has 0 aliphatic carbocycles. The maximum absolute atomic E-state index is 10.7. The Hall–Kier alpha value is -2.65. The second-order valence-electron chi connectivity index (χ2n) is 5.53. The molecule has 1 aromatic heterocycles. The van der Waals surface area contributed by atoms with Crippen molar-refractivity contribution in [1.82, 2.24) is 14.7 Å². The molecule has 1 atom stereocenters. The van der Waals surface area contributed by atoms with Crippen LogP contribution in [-0.4, -0.2) is 45.5 Å². The first-order chi connectivity index (χ1) is 11.5. The van der Waals surface area contributed by atoms with Crippen molar-refractivity contribution in [3.8, 4) is 11.5 Å². The highest BCUT2D eigenvalue weighted by molar-refractivity contribution is 5.51. The van der Waals surface area contributed by atoms with E-state index in [9.17, 15) is 15.2 Å². The number of nitrogens with zero attached hydrogens (tertiary/aromatic N) is 4. The van der Waals surface area contributed by atoms with Crippen LogP contribution in [0.5, 0.6) is 11.5 Å². The number of β-amino-alcohol motifs (C(OH)–C–C–N with tert-alkyl or cyclic N) is 1. The first-order valence-corrected chi connectivity index (χ1v) is 7.34.